The number of hydrogen-bond acceptors (Lipinski definition) is 4. The normalized spacial score (nSPS) is 21.2. The van der Waals surface area contributed by atoms with Crippen molar-refractivity contribution in [2.45, 2.75) is 44.8 Å². The summed E-state index contributed by atoms with van der Waals surface area (Å²) in [5.74, 6) is 0.772. The number of carbonyl (C=O) groups is 1. The van der Waals surface area contributed by atoms with E-state index in [1.165, 1.54) is 23.8 Å². The summed E-state index contributed by atoms with van der Waals surface area (Å²) in [6.45, 7) is 1.33. The first kappa shape index (κ1) is 22.3. The summed E-state index contributed by atoms with van der Waals surface area (Å²) in [5.41, 5.74) is 9.65. The highest BCUT2D eigenvalue weighted by molar-refractivity contribution is 5.69. The monoisotopic (exact) mass is 407 g/mol. The molecule has 2 aromatic carbocycles. The van der Waals surface area contributed by atoms with Gasteiger partial charge in [0.2, 0.25) is 0 Å². The molecule has 1 fully saturated rings. The molecule has 0 aliphatic heterocycles. The minimum absolute atomic E-state index is 0.167. The number of hydrogen-bond donors (Lipinski definition) is 1. The molecule has 160 valence electrons. The number of esters is 1. The van der Waals surface area contributed by atoms with Crippen LogP contribution in [-0.4, -0.2) is 25.7 Å². The summed E-state index contributed by atoms with van der Waals surface area (Å²) in [6.07, 6.45) is 8.75. The Morgan fingerprint density at radius 1 is 1.03 bits per heavy atom. The van der Waals surface area contributed by atoms with E-state index in [1.807, 2.05) is 6.07 Å². The molecule has 1 aliphatic rings. The van der Waals surface area contributed by atoms with Gasteiger partial charge in [-0.25, -0.2) is 0 Å². The Hall–Kier alpha value is -2.43. The standard InChI is InChI=1S/C26H33NO3/c1-29-26(28)11-7-3-6-10-24-23(18-27)16-17-25(24)30-19-20-12-14-22(15-13-20)21-8-4-2-5-9-21/h2-6,8-9,12-15,23-25H,7,10-11,16-19,27H2,1H3/t23-,24-,25+/m1/s1. The Labute approximate surface area is 180 Å². The zero-order chi connectivity index (χ0) is 21.2. The van der Waals surface area contributed by atoms with Gasteiger partial charge in [0.25, 0.3) is 0 Å². The van der Waals surface area contributed by atoms with E-state index in [2.05, 4.69) is 65.4 Å². The van der Waals surface area contributed by atoms with Crippen molar-refractivity contribution in [1.82, 2.24) is 0 Å². The molecule has 0 radical (unpaired) electrons. The first-order valence-corrected chi connectivity index (χ1v) is 10.9. The smallest absolute Gasteiger partial charge is 0.305 e. The number of carbonyl (C=O) groups excluding carboxylic acids is 1. The van der Waals surface area contributed by atoms with Crippen LogP contribution in [0, 0.1) is 11.8 Å². The van der Waals surface area contributed by atoms with Crippen LogP contribution in [-0.2, 0) is 20.9 Å². The Balaban J connectivity index is 1.51. The fraction of sp³-hybridized carbons (Fsp3) is 0.423. The maximum Gasteiger partial charge on any atom is 0.305 e. The minimum atomic E-state index is -0.167. The molecule has 3 rings (SSSR count). The summed E-state index contributed by atoms with van der Waals surface area (Å²) in [7, 11) is 1.42. The van der Waals surface area contributed by atoms with Gasteiger partial charge in [-0.1, -0.05) is 66.7 Å². The highest BCUT2D eigenvalue weighted by Gasteiger charge is 2.35. The van der Waals surface area contributed by atoms with E-state index in [9.17, 15) is 4.79 Å². The third-order valence-corrected chi connectivity index (χ3v) is 6.05. The van der Waals surface area contributed by atoms with Crippen LogP contribution in [0.3, 0.4) is 0 Å². The first-order chi connectivity index (χ1) is 14.7. The van der Waals surface area contributed by atoms with E-state index in [4.69, 9.17) is 10.5 Å². The van der Waals surface area contributed by atoms with Crippen molar-refractivity contribution in [3.8, 4) is 11.1 Å². The topological polar surface area (TPSA) is 61.5 Å². The van der Waals surface area contributed by atoms with Gasteiger partial charge in [-0.3, -0.25) is 4.79 Å². The maximum atomic E-state index is 11.2. The lowest BCUT2D eigenvalue weighted by Gasteiger charge is -2.23. The van der Waals surface area contributed by atoms with Crippen LogP contribution in [0.5, 0.6) is 0 Å². The van der Waals surface area contributed by atoms with Crippen molar-refractivity contribution < 1.29 is 14.3 Å². The number of methoxy groups -OCH3 is 1. The molecule has 3 atom stereocenters. The van der Waals surface area contributed by atoms with E-state index >= 15 is 0 Å². The third kappa shape index (κ3) is 6.28. The summed E-state index contributed by atoms with van der Waals surface area (Å²) in [5, 5.41) is 0. The van der Waals surface area contributed by atoms with Crippen LogP contribution in [0.25, 0.3) is 11.1 Å². The van der Waals surface area contributed by atoms with Gasteiger partial charge in [-0.05, 0) is 60.8 Å². The average Bonchev–Trinajstić information content (AvgIpc) is 3.20. The van der Waals surface area contributed by atoms with Crippen LogP contribution >= 0.6 is 0 Å². The number of nitrogens with two attached hydrogens (primary N) is 1. The number of ether oxygens (including phenoxy) is 2. The van der Waals surface area contributed by atoms with Gasteiger partial charge in [0.05, 0.1) is 19.8 Å². The van der Waals surface area contributed by atoms with Gasteiger partial charge in [0.1, 0.15) is 0 Å². The van der Waals surface area contributed by atoms with E-state index in [-0.39, 0.29) is 12.1 Å². The molecule has 2 aromatic rings. The fourth-order valence-corrected chi connectivity index (χ4v) is 4.26. The lowest BCUT2D eigenvalue weighted by atomic mass is 9.91. The summed E-state index contributed by atoms with van der Waals surface area (Å²) in [6, 6.07) is 19.0. The second-order valence-electron chi connectivity index (χ2n) is 7.97. The highest BCUT2D eigenvalue weighted by atomic mass is 16.5. The average molecular weight is 408 g/mol. The maximum absolute atomic E-state index is 11.2. The number of rotatable bonds is 10. The van der Waals surface area contributed by atoms with Gasteiger partial charge in [0.15, 0.2) is 0 Å². The van der Waals surface area contributed by atoms with Crippen molar-refractivity contribution in [1.29, 1.82) is 0 Å². The quantitative estimate of drug-likeness (QED) is 0.438. The molecule has 1 saturated carbocycles. The molecular formula is C26H33NO3. The van der Waals surface area contributed by atoms with Crippen molar-refractivity contribution >= 4 is 5.97 Å². The van der Waals surface area contributed by atoms with Gasteiger partial charge >= 0.3 is 5.97 Å². The highest BCUT2D eigenvalue weighted by Crippen LogP contribution is 2.36. The summed E-state index contributed by atoms with van der Waals surface area (Å²) in [4.78, 5) is 11.2. The van der Waals surface area contributed by atoms with Crippen LogP contribution in [0.2, 0.25) is 0 Å². The molecule has 0 saturated heterocycles. The van der Waals surface area contributed by atoms with Gasteiger partial charge in [-0.15, -0.1) is 0 Å². The fourth-order valence-electron chi connectivity index (χ4n) is 4.26. The van der Waals surface area contributed by atoms with Crippen molar-refractivity contribution in [2.24, 2.45) is 17.6 Å². The molecule has 0 unspecified atom stereocenters. The van der Waals surface area contributed by atoms with Crippen LogP contribution in [0.15, 0.2) is 66.7 Å². The molecule has 4 heteroatoms. The number of benzene rings is 2. The Morgan fingerprint density at radius 2 is 1.77 bits per heavy atom. The SMILES string of the molecule is COC(=O)CCC=CC[C@@H]1[C@@H](CN)CC[C@@H]1OCc1ccc(-c2ccccc2)cc1. The minimum Gasteiger partial charge on any atom is -0.469 e. The summed E-state index contributed by atoms with van der Waals surface area (Å²) >= 11 is 0. The third-order valence-electron chi connectivity index (χ3n) is 6.05. The summed E-state index contributed by atoms with van der Waals surface area (Å²) < 4.78 is 11.0. The molecule has 30 heavy (non-hydrogen) atoms. The predicted octanol–water partition coefficient (Wildman–Crippen LogP) is 5.12. The van der Waals surface area contributed by atoms with E-state index in [1.54, 1.807) is 0 Å². The second-order valence-corrected chi connectivity index (χ2v) is 7.97. The van der Waals surface area contributed by atoms with Crippen molar-refractivity contribution in [3.05, 3.63) is 72.3 Å². The van der Waals surface area contributed by atoms with Crippen LogP contribution in [0.1, 0.15) is 37.7 Å². The van der Waals surface area contributed by atoms with Crippen molar-refractivity contribution in [3.63, 3.8) is 0 Å². The van der Waals surface area contributed by atoms with E-state index < -0.39 is 0 Å². The molecule has 1 aliphatic carbocycles. The zero-order valence-corrected chi connectivity index (χ0v) is 17.8. The van der Waals surface area contributed by atoms with Crippen LogP contribution in [0.4, 0.5) is 0 Å². The Bertz CT molecular complexity index is 801. The lowest BCUT2D eigenvalue weighted by molar-refractivity contribution is -0.140. The van der Waals surface area contributed by atoms with E-state index in [0.29, 0.717) is 37.8 Å². The zero-order valence-electron chi connectivity index (χ0n) is 17.8. The molecular weight excluding hydrogens is 374 g/mol. The van der Waals surface area contributed by atoms with Gasteiger partial charge in [-0.2, -0.15) is 0 Å². The predicted molar refractivity (Wildman–Crippen MR) is 121 cm³/mol. The molecule has 0 heterocycles. The van der Waals surface area contributed by atoms with Crippen molar-refractivity contribution in [2.75, 3.05) is 13.7 Å². The molecule has 4 nitrogen and oxygen atoms in total. The van der Waals surface area contributed by atoms with Gasteiger partial charge < -0.3 is 15.2 Å². The van der Waals surface area contributed by atoms with E-state index in [0.717, 1.165) is 19.3 Å². The molecule has 0 aromatic heterocycles. The largest absolute Gasteiger partial charge is 0.469 e. The second kappa shape index (κ2) is 11.7. The molecule has 0 amide bonds. The lowest BCUT2D eigenvalue weighted by Crippen LogP contribution is -2.26. The molecule has 2 N–H and O–H groups in total. The molecule has 0 spiro atoms. The Kier molecular flexibility index (Phi) is 8.66. The Morgan fingerprint density at radius 3 is 2.47 bits per heavy atom. The molecule has 0 bridgehead atoms. The van der Waals surface area contributed by atoms with Gasteiger partial charge in [0, 0.05) is 6.42 Å². The number of allylic oxidation sites excluding steroid dienone is 2. The first-order valence-electron chi connectivity index (χ1n) is 10.9. The van der Waals surface area contributed by atoms with Crippen LogP contribution < -0.4 is 5.73 Å².